The van der Waals surface area contributed by atoms with E-state index in [0.717, 1.165) is 12.8 Å². The van der Waals surface area contributed by atoms with Gasteiger partial charge in [-0.1, -0.05) is 30.3 Å². The number of ether oxygens (including phenoxy) is 4. The molecule has 0 saturated carbocycles. The molecule has 1 aromatic heterocycles. The van der Waals surface area contributed by atoms with Gasteiger partial charge in [-0.05, 0) is 18.4 Å². The van der Waals surface area contributed by atoms with Crippen LogP contribution in [-0.4, -0.2) is 42.5 Å². The molecule has 0 aliphatic carbocycles. The van der Waals surface area contributed by atoms with Gasteiger partial charge in [-0.25, -0.2) is 9.97 Å². The summed E-state index contributed by atoms with van der Waals surface area (Å²) >= 11 is 0. The molecule has 1 fully saturated rings. The topological polar surface area (TPSA) is 62.7 Å². The number of benzene rings is 1. The van der Waals surface area contributed by atoms with Gasteiger partial charge in [0, 0.05) is 0 Å². The lowest BCUT2D eigenvalue weighted by molar-refractivity contribution is -0.0323. The Hall–Kier alpha value is -2.18. The van der Waals surface area contributed by atoms with Gasteiger partial charge in [-0.2, -0.15) is 0 Å². The third kappa shape index (κ3) is 4.91. The van der Waals surface area contributed by atoms with Crippen LogP contribution < -0.4 is 9.47 Å². The number of rotatable bonds is 8. The van der Waals surface area contributed by atoms with E-state index in [2.05, 4.69) is 22.1 Å². The number of nitrogens with zero attached hydrogens (tertiary/aromatic N) is 2. The van der Waals surface area contributed by atoms with Crippen LogP contribution in [-0.2, 0) is 16.1 Å². The normalized spacial score (nSPS) is 20.0. The van der Waals surface area contributed by atoms with Crippen LogP contribution in [0.15, 0.2) is 42.7 Å². The van der Waals surface area contributed by atoms with E-state index in [1.165, 1.54) is 11.9 Å². The second kappa shape index (κ2) is 8.61. The summed E-state index contributed by atoms with van der Waals surface area (Å²) in [6.07, 6.45) is 3.56. The van der Waals surface area contributed by atoms with E-state index in [9.17, 15) is 0 Å². The molecular weight excluding hydrogens is 308 g/mol. The molecule has 1 saturated heterocycles. The van der Waals surface area contributed by atoms with Crippen LogP contribution in [0.1, 0.15) is 18.4 Å². The highest BCUT2D eigenvalue weighted by molar-refractivity contribution is 5.18. The standard InChI is InChI=1S/C18H22N2O4/c1-21-17-9-18(20-13-19-17)23-12-16-8-7-15(24-16)11-22-10-14-5-3-2-4-6-14/h2-6,9,13,15-16H,7-8,10-12H2,1H3/t15-,16+/m0/s1. The van der Waals surface area contributed by atoms with E-state index in [-0.39, 0.29) is 12.2 Å². The Morgan fingerprint density at radius 3 is 2.58 bits per heavy atom. The smallest absolute Gasteiger partial charge is 0.220 e. The van der Waals surface area contributed by atoms with Crippen molar-refractivity contribution in [2.24, 2.45) is 0 Å². The van der Waals surface area contributed by atoms with E-state index < -0.39 is 0 Å². The monoisotopic (exact) mass is 330 g/mol. The second-order valence-corrected chi connectivity index (χ2v) is 5.67. The minimum Gasteiger partial charge on any atom is -0.481 e. The van der Waals surface area contributed by atoms with E-state index >= 15 is 0 Å². The molecule has 1 aromatic carbocycles. The van der Waals surface area contributed by atoms with E-state index in [1.807, 2.05) is 18.2 Å². The van der Waals surface area contributed by atoms with Crippen molar-refractivity contribution in [3.63, 3.8) is 0 Å². The van der Waals surface area contributed by atoms with Crippen LogP contribution in [0.4, 0.5) is 0 Å². The fraction of sp³-hybridized carbons (Fsp3) is 0.444. The van der Waals surface area contributed by atoms with E-state index in [4.69, 9.17) is 18.9 Å². The van der Waals surface area contributed by atoms with Gasteiger partial charge >= 0.3 is 0 Å². The Balaban J connectivity index is 1.36. The van der Waals surface area contributed by atoms with Crippen molar-refractivity contribution in [1.29, 1.82) is 0 Å². The van der Waals surface area contributed by atoms with Gasteiger partial charge in [0.1, 0.15) is 12.9 Å². The van der Waals surface area contributed by atoms with Gasteiger partial charge in [-0.15, -0.1) is 0 Å². The maximum absolute atomic E-state index is 5.95. The number of aromatic nitrogens is 2. The molecule has 24 heavy (non-hydrogen) atoms. The molecule has 1 aliphatic rings. The van der Waals surface area contributed by atoms with Gasteiger partial charge < -0.3 is 18.9 Å². The quantitative estimate of drug-likeness (QED) is 0.741. The van der Waals surface area contributed by atoms with Gasteiger partial charge in [0.25, 0.3) is 0 Å². The zero-order valence-electron chi connectivity index (χ0n) is 13.8. The summed E-state index contributed by atoms with van der Waals surface area (Å²) in [5, 5.41) is 0. The van der Waals surface area contributed by atoms with Crippen molar-refractivity contribution in [3.05, 3.63) is 48.3 Å². The first-order valence-corrected chi connectivity index (χ1v) is 8.09. The lowest BCUT2D eigenvalue weighted by Gasteiger charge is -2.14. The van der Waals surface area contributed by atoms with Crippen LogP contribution in [0, 0.1) is 0 Å². The Kier molecular flexibility index (Phi) is 5.98. The van der Waals surface area contributed by atoms with Gasteiger partial charge in [-0.3, -0.25) is 0 Å². The number of methoxy groups -OCH3 is 1. The van der Waals surface area contributed by atoms with Crippen molar-refractivity contribution < 1.29 is 18.9 Å². The van der Waals surface area contributed by atoms with Gasteiger partial charge in [0.15, 0.2) is 0 Å². The highest BCUT2D eigenvalue weighted by Crippen LogP contribution is 2.22. The summed E-state index contributed by atoms with van der Waals surface area (Å²) < 4.78 is 22.4. The first-order chi connectivity index (χ1) is 11.8. The molecule has 0 spiro atoms. The molecule has 2 heterocycles. The molecule has 6 nitrogen and oxygen atoms in total. The largest absolute Gasteiger partial charge is 0.481 e. The predicted molar refractivity (Wildman–Crippen MR) is 88.1 cm³/mol. The molecule has 0 bridgehead atoms. The average molecular weight is 330 g/mol. The molecule has 3 rings (SSSR count). The van der Waals surface area contributed by atoms with Crippen LogP contribution in [0.2, 0.25) is 0 Å². The lowest BCUT2D eigenvalue weighted by Crippen LogP contribution is -2.21. The molecule has 128 valence electrons. The summed E-state index contributed by atoms with van der Waals surface area (Å²) in [4.78, 5) is 8.00. The van der Waals surface area contributed by atoms with Crippen molar-refractivity contribution in [1.82, 2.24) is 9.97 Å². The molecule has 0 N–H and O–H groups in total. The molecule has 6 heteroatoms. The zero-order chi connectivity index (χ0) is 16.6. The fourth-order valence-corrected chi connectivity index (χ4v) is 2.60. The molecule has 0 radical (unpaired) electrons. The highest BCUT2D eigenvalue weighted by atomic mass is 16.6. The molecule has 2 aromatic rings. The molecule has 0 unspecified atom stereocenters. The minimum atomic E-state index is 0.0660. The highest BCUT2D eigenvalue weighted by Gasteiger charge is 2.26. The predicted octanol–water partition coefficient (Wildman–Crippen LogP) is 2.63. The summed E-state index contributed by atoms with van der Waals surface area (Å²) in [7, 11) is 1.56. The minimum absolute atomic E-state index is 0.0660. The van der Waals surface area contributed by atoms with Gasteiger partial charge in [0.2, 0.25) is 11.8 Å². The van der Waals surface area contributed by atoms with Crippen LogP contribution in [0.5, 0.6) is 11.8 Å². The Morgan fingerprint density at radius 2 is 1.79 bits per heavy atom. The lowest BCUT2D eigenvalue weighted by atomic mass is 10.2. The zero-order valence-corrected chi connectivity index (χ0v) is 13.8. The first kappa shape index (κ1) is 16.7. The molecule has 0 amide bonds. The maximum Gasteiger partial charge on any atom is 0.220 e. The van der Waals surface area contributed by atoms with Crippen molar-refractivity contribution in [3.8, 4) is 11.8 Å². The summed E-state index contributed by atoms with van der Waals surface area (Å²) in [5.41, 5.74) is 1.17. The maximum atomic E-state index is 5.95. The first-order valence-electron chi connectivity index (χ1n) is 8.09. The molecule has 2 atom stereocenters. The summed E-state index contributed by atoms with van der Waals surface area (Å²) in [5.74, 6) is 0.980. The van der Waals surface area contributed by atoms with Crippen molar-refractivity contribution in [2.45, 2.75) is 31.7 Å². The van der Waals surface area contributed by atoms with Crippen LogP contribution in [0.3, 0.4) is 0 Å². The summed E-state index contributed by atoms with van der Waals surface area (Å²) in [6, 6.07) is 11.8. The summed E-state index contributed by atoms with van der Waals surface area (Å²) in [6.45, 7) is 1.69. The third-order valence-electron chi connectivity index (χ3n) is 3.85. The van der Waals surface area contributed by atoms with Gasteiger partial charge in [0.05, 0.1) is 38.6 Å². The Bertz CT molecular complexity index is 623. The van der Waals surface area contributed by atoms with E-state index in [1.54, 1.807) is 13.2 Å². The number of hydrogen-bond donors (Lipinski definition) is 0. The van der Waals surface area contributed by atoms with Crippen molar-refractivity contribution >= 4 is 0 Å². The Labute approximate surface area is 141 Å². The third-order valence-corrected chi connectivity index (χ3v) is 3.85. The fourth-order valence-electron chi connectivity index (χ4n) is 2.60. The second-order valence-electron chi connectivity index (χ2n) is 5.67. The molecule has 1 aliphatic heterocycles. The molecular formula is C18H22N2O4. The number of hydrogen-bond acceptors (Lipinski definition) is 6. The van der Waals surface area contributed by atoms with Crippen LogP contribution in [0.25, 0.3) is 0 Å². The van der Waals surface area contributed by atoms with E-state index in [0.29, 0.717) is 31.6 Å². The Morgan fingerprint density at radius 1 is 1.04 bits per heavy atom. The van der Waals surface area contributed by atoms with Crippen LogP contribution >= 0.6 is 0 Å². The SMILES string of the molecule is COc1cc(OC[C@H]2CC[C@@H](COCc3ccccc3)O2)ncn1. The average Bonchev–Trinajstić information content (AvgIpc) is 3.09. The van der Waals surface area contributed by atoms with Crippen molar-refractivity contribution in [2.75, 3.05) is 20.3 Å².